The number of carbonyl (C=O) groups is 5. The van der Waals surface area contributed by atoms with Crippen LogP contribution in [0.15, 0.2) is 41.4 Å². The number of aliphatic hydroxyl groups is 1. The van der Waals surface area contributed by atoms with Crippen molar-refractivity contribution in [3.05, 3.63) is 53.1 Å². The van der Waals surface area contributed by atoms with E-state index in [4.69, 9.17) is 11.5 Å². The Kier molecular flexibility index (Phi) is 7.80. The first-order valence-electron chi connectivity index (χ1n) is 14.2. The largest absolute Gasteiger partial charge is 0.505 e. The van der Waals surface area contributed by atoms with Crippen molar-refractivity contribution >= 4 is 46.4 Å². The van der Waals surface area contributed by atoms with Crippen LogP contribution in [0.5, 0.6) is 5.75 Å². The van der Waals surface area contributed by atoms with Gasteiger partial charge in [0.05, 0.1) is 29.8 Å². The van der Waals surface area contributed by atoms with E-state index in [9.17, 15) is 34.2 Å². The Bertz CT molecular complexity index is 1600. The quantitative estimate of drug-likeness (QED) is 0.127. The van der Waals surface area contributed by atoms with Crippen LogP contribution >= 0.6 is 0 Å². The summed E-state index contributed by atoms with van der Waals surface area (Å²) in [5, 5.41) is 26.0. The van der Waals surface area contributed by atoms with Crippen LogP contribution < -0.4 is 21.7 Å². The van der Waals surface area contributed by atoms with Crippen LogP contribution in [0.2, 0.25) is 0 Å². The molecule has 2 aromatic rings. The highest BCUT2D eigenvalue weighted by Gasteiger charge is 2.69. The van der Waals surface area contributed by atoms with E-state index in [0.717, 1.165) is 5.56 Å². The monoisotopic (exact) mass is 604 g/mol. The van der Waals surface area contributed by atoms with Crippen molar-refractivity contribution in [1.29, 1.82) is 0 Å². The minimum atomic E-state index is -2.79. The maximum Gasteiger partial charge on any atom is 0.235 e. The first kappa shape index (κ1) is 30.8. The molecule has 0 bridgehead atoms. The van der Waals surface area contributed by atoms with Crippen LogP contribution in [0, 0.1) is 23.7 Å². The number of nitrogens with zero attached hydrogens (tertiary/aromatic N) is 3. The van der Waals surface area contributed by atoms with Crippen molar-refractivity contribution < 1.29 is 34.2 Å². The van der Waals surface area contributed by atoms with Gasteiger partial charge in [-0.05, 0) is 50.0 Å². The molecule has 6 atom stereocenters. The molecule has 0 saturated heterocycles. The van der Waals surface area contributed by atoms with Crippen molar-refractivity contribution in [2.24, 2.45) is 40.1 Å². The fourth-order valence-corrected chi connectivity index (χ4v) is 7.08. The number of aliphatic imine (C=N–C) groups is 1. The Morgan fingerprint density at radius 3 is 2.32 bits per heavy atom. The Morgan fingerprint density at radius 2 is 1.73 bits per heavy atom. The number of hydrogen-bond acceptors (Lipinski definition) is 10. The summed E-state index contributed by atoms with van der Waals surface area (Å²) in [4.78, 5) is 74.7. The second kappa shape index (κ2) is 11.1. The van der Waals surface area contributed by atoms with Crippen molar-refractivity contribution in [2.45, 2.75) is 31.0 Å². The zero-order valence-electron chi connectivity index (χ0n) is 24.9. The number of rotatable bonds is 6. The molecule has 0 heterocycles. The number of nitrogens with two attached hydrogens (primary N) is 2. The summed E-state index contributed by atoms with van der Waals surface area (Å²) >= 11 is 0. The van der Waals surface area contributed by atoms with Crippen LogP contribution in [0.4, 0.5) is 11.4 Å². The molecule has 13 heteroatoms. The minimum Gasteiger partial charge on any atom is -0.505 e. The zero-order chi connectivity index (χ0) is 32.2. The average molecular weight is 605 g/mol. The van der Waals surface area contributed by atoms with E-state index < -0.39 is 70.1 Å². The molecule has 2 saturated carbocycles. The molecule has 13 nitrogen and oxygen atoms in total. The highest BCUT2D eigenvalue weighted by molar-refractivity contribution is 6.32. The fourth-order valence-electron chi connectivity index (χ4n) is 7.08. The standard InChI is InChI=1S/C31H36N6O7/c1-36(2)19-12-18(35-30(33)34-13-14-8-6-5-7-9-14)24(38)21-16(19)10-15-11-17-23(37(3)4)26(40)22(29(32)43)28(42)31(17,44)27(41)20(15)25(21)39/h5-9,12,15,17,20,22-23,38,44H,10-11,13H2,1-4H3,(H2,32,43)(H3,33,34,35)/t15-,17-,20?,22?,23-,31-/m0/s1. The molecule has 2 unspecified atom stereocenters. The third kappa shape index (κ3) is 4.72. The number of nitrogens with one attached hydrogen (secondary N) is 1. The molecule has 3 aliphatic carbocycles. The summed E-state index contributed by atoms with van der Waals surface area (Å²) in [5.41, 5.74) is 10.6. The summed E-state index contributed by atoms with van der Waals surface area (Å²) in [7, 11) is 6.60. The molecule has 44 heavy (non-hydrogen) atoms. The van der Waals surface area contributed by atoms with E-state index in [1.807, 2.05) is 30.3 Å². The molecule has 0 aromatic heterocycles. The number of hydrogen-bond donors (Lipinski definition) is 5. The molecule has 0 aliphatic heterocycles. The Balaban J connectivity index is 1.57. The second-order valence-corrected chi connectivity index (χ2v) is 12.1. The van der Waals surface area contributed by atoms with Crippen molar-refractivity contribution in [3.63, 3.8) is 0 Å². The van der Waals surface area contributed by atoms with Crippen LogP contribution in [0.1, 0.15) is 27.9 Å². The fraction of sp³-hybridized carbons (Fsp3) is 0.419. The number of benzene rings is 2. The van der Waals surface area contributed by atoms with Gasteiger partial charge in [0, 0.05) is 25.7 Å². The van der Waals surface area contributed by atoms with Gasteiger partial charge < -0.3 is 31.9 Å². The number of ketones is 4. The summed E-state index contributed by atoms with van der Waals surface area (Å²) in [6.07, 6.45) is 0.112. The van der Waals surface area contributed by atoms with Gasteiger partial charge in [-0.3, -0.25) is 28.9 Å². The summed E-state index contributed by atoms with van der Waals surface area (Å²) in [6, 6.07) is 9.83. The number of Topliss-reactive ketones (excluding diaryl/α,β-unsaturated/α-hetero) is 4. The normalized spacial score (nSPS) is 28.3. The molecule has 2 fully saturated rings. The van der Waals surface area contributed by atoms with Gasteiger partial charge in [0.15, 0.2) is 40.6 Å². The third-order valence-corrected chi connectivity index (χ3v) is 9.06. The van der Waals surface area contributed by atoms with Gasteiger partial charge in [0.25, 0.3) is 0 Å². The number of phenols is 1. The Morgan fingerprint density at radius 1 is 1.07 bits per heavy atom. The Hall–Kier alpha value is -4.62. The average Bonchev–Trinajstić information content (AvgIpc) is 2.95. The maximum absolute atomic E-state index is 14.1. The molecule has 7 N–H and O–H groups in total. The molecule has 0 spiro atoms. The lowest BCUT2D eigenvalue weighted by Crippen LogP contribution is -2.74. The first-order chi connectivity index (χ1) is 20.7. The topological polar surface area (TPSA) is 209 Å². The lowest BCUT2D eigenvalue weighted by atomic mass is 9.52. The van der Waals surface area contributed by atoms with E-state index in [2.05, 4.69) is 10.3 Å². The summed E-state index contributed by atoms with van der Waals surface area (Å²) in [6.45, 7) is 0.264. The van der Waals surface area contributed by atoms with E-state index in [1.165, 1.54) is 4.90 Å². The van der Waals surface area contributed by atoms with Gasteiger partial charge in [-0.2, -0.15) is 0 Å². The molecule has 5 rings (SSSR count). The lowest BCUT2D eigenvalue weighted by molar-refractivity contribution is -0.181. The second-order valence-electron chi connectivity index (χ2n) is 12.1. The molecule has 2 aromatic carbocycles. The summed E-state index contributed by atoms with van der Waals surface area (Å²) in [5.74, 6) is -11.1. The number of carbonyl (C=O) groups excluding carboxylic acids is 5. The lowest BCUT2D eigenvalue weighted by Gasteiger charge is -2.52. The van der Waals surface area contributed by atoms with Gasteiger partial charge >= 0.3 is 0 Å². The smallest absolute Gasteiger partial charge is 0.235 e. The summed E-state index contributed by atoms with van der Waals surface area (Å²) < 4.78 is 0. The number of phenolic OH excluding ortho intramolecular Hbond substituents is 1. The number of primary amides is 1. The Labute approximate surface area is 253 Å². The zero-order valence-corrected chi connectivity index (χ0v) is 24.9. The number of amides is 1. The maximum atomic E-state index is 14.1. The first-order valence-corrected chi connectivity index (χ1v) is 14.2. The SMILES string of the molecule is CN(C)c1cc(NC(N)=NCc2ccccc2)c(O)c2c1C[C@H]1C[C@H]3[C@H](N(C)C)C(=O)C(C(N)=O)C(=O)[C@@]3(O)C(=O)C1C2=O. The van der Waals surface area contributed by atoms with Crippen molar-refractivity contribution in [1.82, 2.24) is 4.90 Å². The number of aromatic hydroxyl groups is 1. The van der Waals surface area contributed by atoms with Crippen molar-refractivity contribution in [2.75, 3.05) is 38.4 Å². The van der Waals surface area contributed by atoms with Crippen LogP contribution in [0.25, 0.3) is 0 Å². The molecule has 3 aliphatic rings. The number of guanidine groups is 1. The molecule has 1 amide bonds. The van der Waals surface area contributed by atoms with Gasteiger partial charge in [-0.15, -0.1) is 0 Å². The van der Waals surface area contributed by atoms with Gasteiger partial charge in [0.1, 0.15) is 5.75 Å². The molecule has 0 radical (unpaired) electrons. The molecular formula is C31H36N6O7. The highest BCUT2D eigenvalue weighted by Crippen LogP contribution is 2.52. The number of anilines is 2. The van der Waals surface area contributed by atoms with E-state index in [1.54, 1.807) is 39.2 Å². The molecular weight excluding hydrogens is 568 g/mol. The van der Waals surface area contributed by atoms with Gasteiger partial charge in [-0.1, -0.05) is 30.3 Å². The number of likely N-dealkylation sites (N-methyl/N-ethyl adjacent to an activating group) is 1. The van der Waals surface area contributed by atoms with Crippen LogP contribution in [-0.4, -0.2) is 89.9 Å². The van der Waals surface area contributed by atoms with Gasteiger partial charge in [0.2, 0.25) is 5.91 Å². The highest BCUT2D eigenvalue weighted by atomic mass is 16.3. The van der Waals surface area contributed by atoms with E-state index in [-0.39, 0.29) is 36.6 Å². The van der Waals surface area contributed by atoms with Gasteiger partial charge in [-0.25, -0.2) is 4.99 Å². The van der Waals surface area contributed by atoms with Crippen LogP contribution in [0.3, 0.4) is 0 Å². The van der Waals surface area contributed by atoms with E-state index >= 15 is 0 Å². The predicted octanol–water partition coefficient (Wildman–Crippen LogP) is -0.140. The third-order valence-electron chi connectivity index (χ3n) is 9.06. The van der Waals surface area contributed by atoms with Crippen molar-refractivity contribution in [3.8, 4) is 5.75 Å². The van der Waals surface area contributed by atoms with E-state index in [0.29, 0.717) is 11.3 Å². The molecule has 232 valence electrons. The van der Waals surface area contributed by atoms with Crippen LogP contribution in [-0.2, 0) is 32.1 Å². The number of fused-ring (bicyclic) bond motifs is 3. The minimum absolute atomic E-state index is 0.0227. The predicted molar refractivity (Wildman–Crippen MR) is 161 cm³/mol.